The van der Waals surface area contributed by atoms with Crippen LogP contribution in [0.1, 0.15) is 36.0 Å². The predicted octanol–water partition coefficient (Wildman–Crippen LogP) is 2.77. The van der Waals surface area contributed by atoms with Gasteiger partial charge in [0.15, 0.2) is 0 Å². The quantitative estimate of drug-likeness (QED) is 0.904. The monoisotopic (exact) mass is 332 g/mol. The summed E-state index contributed by atoms with van der Waals surface area (Å²) in [5.74, 6) is 0.287. The van der Waals surface area contributed by atoms with Crippen LogP contribution in [0.3, 0.4) is 0 Å². The van der Waals surface area contributed by atoms with E-state index in [1.54, 1.807) is 29.2 Å². The molecule has 23 heavy (non-hydrogen) atoms. The van der Waals surface area contributed by atoms with Gasteiger partial charge in [0, 0.05) is 17.3 Å². The molecule has 3 N–H and O–H groups in total. The van der Waals surface area contributed by atoms with Crippen LogP contribution < -0.4 is 11.1 Å². The lowest BCUT2D eigenvalue weighted by Gasteiger charge is -2.31. The van der Waals surface area contributed by atoms with E-state index in [0.29, 0.717) is 23.0 Å². The molecule has 1 aromatic heterocycles. The highest BCUT2D eigenvalue weighted by Crippen LogP contribution is 2.24. The smallest absolute Gasteiger partial charge is 0.254 e. The molecule has 1 aliphatic rings. The third-order valence-electron chi connectivity index (χ3n) is 4.46. The molecule has 2 unspecified atom stereocenters. The summed E-state index contributed by atoms with van der Waals surface area (Å²) >= 11 is 5.89. The Bertz CT molecular complexity index is 667. The van der Waals surface area contributed by atoms with Gasteiger partial charge < -0.3 is 11.1 Å². The summed E-state index contributed by atoms with van der Waals surface area (Å²) < 4.78 is 1.67. The molecular weight excluding hydrogens is 312 g/mol. The van der Waals surface area contributed by atoms with Crippen LogP contribution in [-0.2, 0) is 0 Å². The fraction of sp³-hybridized carbons (Fsp3) is 0.412. The number of nitrogens with one attached hydrogen (secondary N) is 1. The Hall–Kier alpha value is -1.85. The number of aromatic nitrogens is 2. The van der Waals surface area contributed by atoms with E-state index in [0.717, 1.165) is 24.9 Å². The van der Waals surface area contributed by atoms with E-state index in [-0.39, 0.29) is 11.9 Å². The first-order chi connectivity index (χ1) is 11.2. The largest absolute Gasteiger partial charge is 0.349 e. The van der Waals surface area contributed by atoms with Gasteiger partial charge in [0.05, 0.1) is 17.4 Å². The lowest BCUT2D eigenvalue weighted by Crippen LogP contribution is -2.44. The highest BCUT2D eigenvalue weighted by molar-refractivity contribution is 6.30. The molecule has 1 amide bonds. The van der Waals surface area contributed by atoms with Crippen molar-refractivity contribution < 1.29 is 4.79 Å². The Kier molecular flexibility index (Phi) is 4.98. The Morgan fingerprint density at radius 3 is 2.78 bits per heavy atom. The second-order valence-corrected chi connectivity index (χ2v) is 6.45. The van der Waals surface area contributed by atoms with Gasteiger partial charge in [-0.15, -0.1) is 0 Å². The number of hydrogen-bond acceptors (Lipinski definition) is 3. The molecule has 0 spiro atoms. The van der Waals surface area contributed by atoms with Crippen molar-refractivity contribution in [2.75, 3.05) is 6.54 Å². The number of nitrogens with two attached hydrogens (primary N) is 1. The summed E-state index contributed by atoms with van der Waals surface area (Å²) in [7, 11) is 0. The van der Waals surface area contributed by atoms with E-state index in [1.807, 2.05) is 12.1 Å². The molecule has 1 saturated carbocycles. The number of carbonyl (C=O) groups is 1. The van der Waals surface area contributed by atoms with Crippen molar-refractivity contribution in [3.63, 3.8) is 0 Å². The molecule has 2 aromatic rings. The van der Waals surface area contributed by atoms with Crippen LogP contribution >= 0.6 is 11.6 Å². The van der Waals surface area contributed by atoms with Crippen LogP contribution in [0.15, 0.2) is 36.7 Å². The van der Waals surface area contributed by atoms with E-state index >= 15 is 0 Å². The molecule has 2 atom stereocenters. The Balaban J connectivity index is 1.69. The fourth-order valence-electron chi connectivity index (χ4n) is 3.11. The van der Waals surface area contributed by atoms with E-state index in [9.17, 15) is 4.79 Å². The Labute approximate surface area is 140 Å². The minimum absolute atomic E-state index is 0.0874. The minimum Gasteiger partial charge on any atom is -0.349 e. The van der Waals surface area contributed by atoms with Gasteiger partial charge in [0.25, 0.3) is 5.91 Å². The van der Waals surface area contributed by atoms with Crippen molar-refractivity contribution in [2.24, 2.45) is 11.7 Å². The standard InChI is InChI=1S/C17H21ClN4O/c18-14-5-7-15(8-6-14)22-11-13(10-20-22)17(23)21-16-4-2-1-3-12(16)9-19/h5-8,10-12,16H,1-4,9,19H2,(H,21,23). The van der Waals surface area contributed by atoms with Crippen LogP contribution in [0.5, 0.6) is 0 Å². The van der Waals surface area contributed by atoms with Gasteiger partial charge in [0.1, 0.15) is 0 Å². The van der Waals surface area contributed by atoms with Gasteiger partial charge in [-0.2, -0.15) is 5.10 Å². The van der Waals surface area contributed by atoms with E-state index in [4.69, 9.17) is 17.3 Å². The number of amides is 1. The summed E-state index contributed by atoms with van der Waals surface area (Å²) in [4.78, 5) is 12.4. The van der Waals surface area contributed by atoms with Crippen molar-refractivity contribution in [1.29, 1.82) is 0 Å². The molecule has 0 aliphatic heterocycles. The third kappa shape index (κ3) is 3.74. The average Bonchev–Trinajstić information content (AvgIpc) is 3.06. The van der Waals surface area contributed by atoms with Gasteiger partial charge in [-0.05, 0) is 49.6 Å². The number of carbonyl (C=O) groups excluding carboxylic acids is 1. The summed E-state index contributed by atoms with van der Waals surface area (Å²) in [6, 6.07) is 7.49. The Morgan fingerprint density at radius 2 is 2.04 bits per heavy atom. The zero-order valence-electron chi connectivity index (χ0n) is 12.9. The third-order valence-corrected chi connectivity index (χ3v) is 4.72. The van der Waals surface area contributed by atoms with E-state index in [1.165, 1.54) is 6.42 Å². The summed E-state index contributed by atoms with van der Waals surface area (Å²) in [6.45, 7) is 0.620. The van der Waals surface area contributed by atoms with Crippen molar-refractivity contribution in [3.05, 3.63) is 47.2 Å². The van der Waals surface area contributed by atoms with Crippen molar-refractivity contribution in [1.82, 2.24) is 15.1 Å². The predicted molar refractivity (Wildman–Crippen MR) is 90.8 cm³/mol. The van der Waals surface area contributed by atoms with Crippen LogP contribution in [0.2, 0.25) is 5.02 Å². The molecule has 3 rings (SSSR count). The number of halogens is 1. The SMILES string of the molecule is NCC1CCCCC1NC(=O)c1cnn(-c2ccc(Cl)cc2)c1. The maximum absolute atomic E-state index is 12.4. The topological polar surface area (TPSA) is 72.9 Å². The molecule has 1 fully saturated rings. The minimum atomic E-state index is -0.0874. The van der Waals surface area contributed by atoms with Crippen molar-refractivity contribution in [3.8, 4) is 5.69 Å². The lowest BCUT2D eigenvalue weighted by molar-refractivity contribution is 0.0908. The van der Waals surface area contributed by atoms with Crippen LogP contribution in [0, 0.1) is 5.92 Å². The molecule has 0 saturated heterocycles. The molecule has 6 heteroatoms. The number of nitrogens with zero attached hydrogens (tertiary/aromatic N) is 2. The van der Waals surface area contributed by atoms with Crippen molar-refractivity contribution >= 4 is 17.5 Å². The number of hydrogen-bond donors (Lipinski definition) is 2. The number of benzene rings is 1. The highest BCUT2D eigenvalue weighted by Gasteiger charge is 2.26. The first-order valence-electron chi connectivity index (χ1n) is 7.99. The second kappa shape index (κ2) is 7.15. The molecule has 5 nitrogen and oxygen atoms in total. The first-order valence-corrected chi connectivity index (χ1v) is 8.36. The lowest BCUT2D eigenvalue weighted by atomic mass is 9.84. The van der Waals surface area contributed by atoms with Gasteiger partial charge in [-0.1, -0.05) is 24.4 Å². The maximum atomic E-state index is 12.4. The first kappa shape index (κ1) is 16.0. The Morgan fingerprint density at radius 1 is 1.30 bits per heavy atom. The normalized spacial score (nSPS) is 21.1. The summed E-state index contributed by atoms with van der Waals surface area (Å²) in [5.41, 5.74) is 7.25. The molecule has 1 heterocycles. The van der Waals surface area contributed by atoms with Gasteiger partial charge in [-0.3, -0.25) is 4.79 Å². The van der Waals surface area contributed by atoms with Gasteiger partial charge in [-0.25, -0.2) is 4.68 Å². The van der Waals surface area contributed by atoms with Crippen LogP contribution in [-0.4, -0.2) is 28.3 Å². The maximum Gasteiger partial charge on any atom is 0.254 e. The molecule has 0 radical (unpaired) electrons. The molecule has 0 bridgehead atoms. The zero-order valence-corrected chi connectivity index (χ0v) is 13.7. The highest BCUT2D eigenvalue weighted by atomic mass is 35.5. The molecular formula is C17H21ClN4O. The fourth-order valence-corrected chi connectivity index (χ4v) is 3.23. The van der Waals surface area contributed by atoms with Gasteiger partial charge in [0.2, 0.25) is 0 Å². The summed E-state index contributed by atoms with van der Waals surface area (Å²) in [5, 5.41) is 8.04. The van der Waals surface area contributed by atoms with Gasteiger partial charge >= 0.3 is 0 Å². The van der Waals surface area contributed by atoms with Crippen molar-refractivity contribution in [2.45, 2.75) is 31.7 Å². The molecule has 1 aliphatic carbocycles. The second-order valence-electron chi connectivity index (χ2n) is 6.01. The molecule has 122 valence electrons. The van der Waals surface area contributed by atoms with Crippen LogP contribution in [0.4, 0.5) is 0 Å². The zero-order chi connectivity index (χ0) is 16.2. The summed E-state index contributed by atoms with van der Waals surface area (Å²) in [6.07, 6.45) is 7.75. The average molecular weight is 333 g/mol. The van der Waals surface area contributed by atoms with E-state index in [2.05, 4.69) is 10.4 Å². The van der Waals surface area contributed by atoms with E-state index < -0.39 is 0 Å². The number of rotatable bonds is 4. The van der Waals surface area contributed by atoms with Crippen LogP contribution in [0.25, 0.3) is 5.69 Å². The molecule has 1 aromatic carbocycles.